The summed E-state index contributed by atoms with van der Waals surface area (Å²) in [6.45, 7) is 4.08. The summed E-state index contributed by atoms with van der Waals surface area (Å²) in [6, 6.07) is 3.87. The fourth-order valence-corrected chi connectivity index (χ4v) is 2.67. The van der Waals surface area contributed by atoms with Crippen LogP contribution in [0.1, 0.15) is 12.5 Å². The Bertz CT molecular complexity index is 387. The van der Waals surface area contributed by atoms with Crippen molar-refractivity contribution in [1.29, 1.82) is 5.26 Å². The van der Waals surface area contributed by atoms with Gasteiger partial charge < -0.3 is 4.90 Å². The van der Waals surface area contributed by atoms with Crippen molar-refractivity contribution in [3.05, 3.63) is 17.8 Å². The van der Waals surface area contributed by atoms with Crippen LogP contribution in [-0.2, 0) is 0 Å². The number of hydrogen-bond acceptors (Lipinski definition) is 5. The third kappa shape index (κ3) is 2.21. The molecule has 5 heteroatoms. The normalized spacial score (nSPS) is 21.1. The van der Waals surface area contributed by atoms with Gasteiger partial charge in [-0.3, -0.25) is 0 Å². The van der Waals surface area contributed by atoms with Gasteiger partial charge in [0, 0.05) is 24.1 Å². The molecule has 0 saturated carbocycles. The Morgan fingerprint density at radius 1 is 1.67 bits per heavy atom. The molecule has 0 amide bonds. The zero-order valence-corrected chi connectivity index (χ0v) is 9.37. The Kier molecular flexibility index (Phi) is 3.07. The van der Waals surface area contributed by atoms with Crippen LogP contribution in [0.5, 0.6) is 0 Å². The smallest absolute Gasteiger partial charge is 0.169 e. The first kappa shape index (κ1) is 10.2. The van der Waals surface area contributed by atoms with Gasteiger partial charge >= 0.3 is 0 Å². The second kappa shape index (κ2) is 4.49. The molecule has 1 aromatic heterocycles. The monoisotopic (exact) mass is 220 g/mol. The zero-order valence-electron chi connectivity index (χ0n) is 8.55. The van der Waals surface area contributed by atoms with Gasteiger partial charge in [0.1, 0.15) is 6.07 Å². The molecule has 0 bridgehead atoms. The van der Waals surface area contributed by atoms with E-state index in [1.807, 2.05) is 11.8 Å². The quantitative estimate of drug-likeness (QED) is 0.714. The maximum Gasteiger partial charge on any atom is 0.169 e. The van der Waals surface area contributed by atoms with Crippen LogP contribution < -0.4 is 4.90 Å². The Hall–Kier alpha value is -1.28. The molecular weight excluding hydrogens is 208 g/mol. The molecule has 1 aliphatic rings. The first-order valence-electron chi connectivity index (χ1n) is 4.89. The van der Waals surface area contributed by atoms with Gasteiger partial charge in [0.05, 0.1) is 11.8 Å². The summed E-state index contributed by atoms with van der Waals surface area (Å²) >= 11 is 1.96. The third-order valence-electron chi connectivity index (χ3n) is 2.36. The summed E-state index contributed by atoms with van der Waals surface area (Å²) in [5, 5.41) is 17.5. The minimum absolute atomic E-state index is 0.590. The van der Waals surface area contributed by atoms with E-state index in [0.717, 1.165) is 24.7 Å². The van der Waals surface area contributed by atoms with E-state index in [1.165, 1.54) is 0 Å². The number of hydrogen-bond donors (Lipinski definition) is 0. The van der Waals surface area contributed by atoms with Gasteiger partial charge in [-0.2, -0.15) is 22.1 Å². The van der Waals surface area contributed by atoms with Crippen LogP contribution in [0.2, 0.25) is 0 Å². The molecule has 1 aliphatic heterocycles. The van der Waals surface area contributed by atoms with Crippen LogP contribution >= 0.6 is 11.8 Å². The van der Waals surface area contributed by atoms with Crippen LogP contribution in [0.25, 0.3) is 0 Å². The highest BCUT2D eigenvalue weighted by atomic mass is 32.2. The first-order chi connectivity index (χ1) is 7.31. The topological polar surface area (TPSA) is 52.8 Å². The minimum Gasteiger partial charge on any atom is -0.352 e. The number of nitrogens with zero attached hydrogens (tertiary/aromatic N) is 4. The van der Waals surface area contributed by atoms with E-state index in [0.29, 0.717) is 10.8 Å². The summed E-state index contributed by atoms with van der Waals surface area (Å²) in [5.41, 5.74) is 0.615. The molecule has 0 radical (unpaired) electrons. The van der Waals surface area contributed by atoms with E-state index in [9.17, 15) is 0 Å². The summed E-state index contributed by atoms with van der Waals surface area (Å²) in [7, 11) is 0. The van der Waals surface area contributed by atoms with Crippen LogP contribution in [-0.4, -0.2) is 34.3 Å². The van der Waals surface area contributed by atoms with Gasteiger partial charge in [-0.25, -0.2) is 0 Å². The van der Waals surface area contributed by atoms with Crippen molar-refractivity contribution in [3.8, 4) is 6.07 Å². The molecule has 1 unspecified atom stereocenters. The lowest BCUT2D eigenvalue weighted by atomic mass is 10.2. The number of rotatable bonds is 1. The molecule has 1 atom stereocenters. The second-order valence-electron chi connectivity index (χ2n) is 3.51. The Morgan fingerprint density at radius 3 is 3.27 bits per heavy atom. The molecule has 0 spiro atoms. The molecule has 1 aromatic rings. The summed E-state index contributed by atoms with van der Waals surface area (Å²) in [5.74, 6) is 1.81. The van der Waals surface area contributed by atoms with Crippen LogP contribution in [0.4, 0.5) is 5.82 Å². The fourth-order valence-electron chi connectivity index (χ4n) is 1.66. The molecule has 0 aromatic carbocycles. The Morgan fingerprint density at radius 2 is 2.53 bits per heavy atom. The second-order valence-corrected chi connectivity index (χ2v) is 5.05. The number of aromatic nitrogens is 2. The predicted molar refractivity (Wildman–Crippen MR) is 60.9 cm³/mol. The standard InChI is InChI=1S/C10H12N4S/c1-8-7-14(4-5-15-8)10-9(6-11)2-3-12-13-10/h2-3,8H,4-5,7H2,1H3. The summed E-state index contributed by atoms with van der Waals surface area (Å²) < 4.78 is 0. The molecule has 0 N–H and O–H groups in total. The van der Waals surface area contributed by atoms with Crippen molar-refractivity contribution in [2.45, 2.75) is 12.2 Å². The van der Waals surface area contributed by atoms with Crippen molar-refractivity contribution in [2.24, 2.45) is 0 Å². The maximum absolute atomic E-state index is 8.97. The van der Waals surface area contributed by atoms with E-state index in [4.69, 9.17) is 5.26 Å². The highest BCUT2D eigenvalue weighted by molar-refractivity contribution is 8.00. The highest BCUT2D eigenvalue weighted by Gasteiger charge is 2.20. The number of thioether (sulfide) groups is 1. The molecular formula is C10H12N4S. The SMILES string of the molecule is CC1CN(c2nnccc2C#N)CCS1. The van der Waals surface area contributed by atoms with Gasteiger partial charge in [0.25, 0.3) is 0 Å². The van der Waals surface area contributed by atoms with E-state index < -0.39 is 0 Å². The molecule has 1 saturated heterocycles. The van der Waals surface area contributed by atoms with Crippen molar-refractivity contribution in [3.63, 3.8) is 0 Å². The van der Waals surface area contributed by atoms with Crippen molar-refractivity contribution in [2.75, 3.05) is 23.7 Å². The average Bonchev–Trinajstić information content (AvgIpc) is 2.29. The van der Waals surface area contributed by atoms with E-state index >= 15 is 0 Å². The Balaban J connectivity index is 2.25. The van der Waals surface area contributed by atoms with Crippen molar-refractivity contribution in [1.82, 2.24) is 10.2 Å². The van der Waals surface area contributed by atoms with Gasteiger partial charge in [0.2, 0.25) is 0 Å². The van der Waals surface area contributed by atoms with Gasteiger partial charge in [-0.15, -0.1) is 5.10 Å². The zero-order chi connectivity index (χ0) is 10.7. The average molecular weight is 220 g/mol. The van der Waals surface area contributed by atoms with E-state index in [2.05, 4.69) is 28.1 Å². The van der Waals surface area contributed by atoms with Gasteiger partial charge in [-0.05, 0) is 6.07 Å². The van der Waals surface area contributed by atoms with Crippen molar-refractivity contribution >= 4 is 17.6 Å². The largest absolute Gasteiger partial charge is 0.352 e. The number of anilines is 1. The molecule has 1 fully saturated rings. The fraction of sp³-hybridized carbons (Fsp3) is 0.500. The predicted octanol–water partition coefficient (Wildman–Crippen LogP) is 1.29. The number of nitriles is 1. The van der Waals surface area contributed by atoms with Gasteiger partial charge in [-0.1, -0.05) is 6.92 Å². The summed E-state index contributed by atoms with van der Waals surface area (Å²) in [4.78, 5) is 2.15. The molecule has 2 rings (SSSR count). The lowest BCUT2D eigenvalue weighted by Crippen LogP contribution is -2.37. The van der Waals surface area contributed by atoms with Gasteiger partial charge in [0.15, 0.2) is 5.82 Å². The minimum atomic E-state index is 0.590. The van der Waals surface area contributed by atoms with E-state index in [1.54, 1.807) is 12.3 Å². The van der Waals surface area contributed by atoms with Crippen molar-refractivity contribution < 1.29 is 0 Å². The van der Waals surface area contributed by atoms with E-state index in [-0.39, 0.29) is 0 Å². The van der Waals surface area contributed by atoms with Crippen LogP contribution in [0.3, 0.4) is 0 Å². The molecule has 4 nitrogen and oxygen atoms in total. The third-order valence-corrected chi connectivity index (χ3v) is 3.50. The highest BCUT2D eigenvalue weighted by Crippen LogP contribution is 2.23. The molecule has 78 valence electrons. The lowest BCUT2D eigenvalue weighted by molar-refractivity contribution is 0.757. The molecule has 15 heavy (non-hydrogen) atoms. The lowest BCUT2D eigenvalue weighted by Gasteiger charge is -2.31. The first-order valence-corrected chi connectivity index (χ1v) is 5.94. The Labute approximate surface area is 93.3 Å². The summed E-state index contributed by atoms with van der Waals surface area (Å²) in [6.07, 6.45) is 1.56. The molecule has 0 aliphatic carbocycles. The van der Waals surface area contributed by atoms with Crippen LogP contribution in [0.15, 0.2) is 12.3 Å². The van der Waals surface area contributed by atoms with Crippen LogP contribution in [0, 0.1) is 11.3 Å². The molecule has 2 heterocycles. The maximum atomic E-state index is 8.97.